The molecule has 0 bridgehead atoms. The lowest BCUT2D eigenvalue weighted by Gasteiger charge is -2.35. The van der Waals surface area contributed by atoms with Crippen molar-refractivity contribution in [3.8, 4) is 0 Å². The summed E-state index contributed by atoms with van der Waals surface area (Å²) in [6, 6.07) is 0. The molecule has 0 N–H and O–H groups in total. The van der Waals surface area contributed by atoms with Crippen LogP contribution in [0.2, 0.25) is 0 Å². The van der Waals surface area contributed by atoms with Gasteiger partial charge in [0.25, 0.3) is 0 Å². The summed E-state index contributed by atoms with van der Waals surface area (Å²) in [7, 11) is 0. The van der Waals surface area contributed by atoms with Gasteiger partial charge in [-0.25, -0.2) is 0 Å². The van der Waals surface area contributed by atoms with Crippen LogP contribution >= 0.6 is 0 Å². The van der Waals surface area contributed by atoms with E-state index in [0.717, 1.165) is 12.5 Å². The van der Waals surface area contributed by atoms with Crippen molar-refractivity contribution >= 4 is 0 Å². The maximum atomic E-state index is 5.68. The van der Waals surface area contributed by atoms with E-state index in [9.17, 15) is 0 Å². The zero-order valence-electron chi connectivity index (χ0n) is 6.51. The second kappa shape index (κ2) is 2.91. The minimum atomic E-state index is 0.655. The van der Waals surface area contributed by atoms with Crippen molar-refractivity contribution in [2.45, 2.75) is 44.6 Å². The molecule has 1 saturated carbocycles. The highest BCUT2D eigenvalue weighted by molar-refractivity contribution is 4.78. The van der Waals surface area contributed by atoms with Gasteiger partial charge >= 0.3 is 0 Å². The van der Waals surface area contributed by atoms with Gasteiger partial charge in [0, 0.05) is 6.61 Å². The summed E-state index contributed by atoms with van der Waals surface area (Å²) in [5.41, 5.74) is 0. The van der Waals surface area contributed by atoms with Gasteiger partial charge in [0.15, 0.2) is 0 Å². The lowest BCUT2D eigenvalue weighted by molar-refractivity contribution is -0.0467. The summed E-state index contributed by atoms with van der Waals surface area (Å²) >= 11 is 0. The minimum absolute atomic E-state index is 0.655. The monoisotopic (exact) mass is 140 g/mol. The van der Waals surface area contributed by atoms with Crippen LogP contribution in [-0.4, -0.2) is 12.7 Å². The average molecular weight is 140 g/mol. The topological polar surface area (TPSA) is 9.23 Å². The first kappa shape index (κ1) is 6.66. The molecule has 1 aliphatic heterocycles. The van der Waals surface area contributed by atoms with E-state index < -0.39 is 0 Å². The van der Waals surface area contributed by atoms with E-state index in [1.807, 2.05) is 0 Å². The fourth-order valence-corrected chi connectivity index (χ4v) is 2.30. The Labute approximate surface area is 62.8 Å². The van der Waals surface area contributed by atoms with Crippen LogP contribution in [0.25, 0.3) is 0 Å². The number of hydrogen-bond donors (Lipinski definition) is 0. The summed E-state index contributed by atoms with van der Waals surface area (Å²) in [5.74, 6) is 0.933. The molecule has 0 aromatic carbocycles. The van der Waals surface area contributed by atoms with Crippen LogP contribution in [0.1, 0.15) is 38.5 Å². The standard InChI is InChI=1S/C9H16O/c1-2-6-9-8(4-1)5-3-7-10-9/h8-9H,1-7H2/t8-,9+/m0/s1. The van der Waals surface area contributed by atoms with E-state index in [2.05, 4.69) is 0 Å². The molecule has 2 fully saturated rings. The molecule has 1 heteroatoms. The molecule has 0 spiro atoms. The summed E-state index contributed by atoms with van der Waals surface area (Å²) < 4.78 is 5.68. The Hall–Kier alpha value is -0.0400. The van der Waals surface area contributed by atoms with Gasteiger partial charge in [-0.3, -0.25) is 0 Å². The SMILES string of the molecule is C1CC[C@H]2OCCC[C@@H]2C1. The van der Waals surface area contributed by atoms with Crippen molar-refractivity contribution < 1.29 is 4.74 Å². The Morgan fingerprint density at radius 3 is 2.60 bits per heavy atom. The summed E-state index contributed by atoms with van der Waals surface area (Å²) in [4.78, 5) is 0. The van der Waals surface area contributed by atoms with Gasteiger partial charge in [-0.05, 0) is 31.6 Å². The molecule has 0 amide bonds. The molecule has 1 heterocycles. The molecule has 1 saturated heterocycles. The molecule has 2 rings (SSSR count). The van der Waals surface area contributed by atoms with Gasteiger partial charge < -0.3 is 4.74 Å². The van der Waals surface area contributed by atoms with E-state index in [4.69, 9.17) is 4.74 Å². The highest BCUT2D eigenvalue weighted by Gasteiger charge is 2.27. The molecule has 2 atom stereocenters. The normalized spacial score (nSPS) is 40.8. The van der Waals surface area contributed by atoms with Crippen LogP contribution in [0, 0.1) is 5.92 Å². The van der Waals surface area contributed by atoms with Gasteiger partial charge in [0.2, 0.25) is 0 Å². The summed E-state index contributed by atoms with van der Waals surface area (Å²) in [6.45, 7) is 1.03. The van der Waals surface area contributed by atoms with Crippen molar-refractivity contribution in [2.24, 2.45) is 5.92 Å². The maximum Gasteiger partial charge on any atom is 0.0603 e. The predicted octanol–water partition coefficient (Wildman–Crippen LogP) is 2.36. The third kappa shape index (κ3) is 1.20. The molecular formula is C9H16O. The van der Waals surface area contributed by atoms with Crippen molar-refractivity contribution in [1.82, 2.24) is 0 Å². The molecule has 0 aromatic rings. The van der Waals surface area contributed by atoms with Crippen molar-refractivity contribution in [3.63, 3.8) is 0 Å². The number of fused-ring (bicyclic) bond motifs is 1. The Balaban J connectivity index is 1.93. The minimum Gasteiger partial charge on any atom is -0.378 e. The summed E-state index contributed by atoms with van der Waals surface area (Å²) in [6.07, 6.45) is 9.02. The van der Waals surface area contributed by atoms with Gasteiger partial charge in [-0.1, -0.05) is 12.8 Å². The molecule has 1 nitrogen and oxygen atoms in total. The fraction of sp³-hybridized carbons (Fsp3) is 1.00. The molecule has 2 aliphatic rings. The van der Waals surface area contributed by atoms with Gasteiger partial charge in [0.05, 0.1) is 6.10 Å². The maximum absolute atomic E-state index is 5.68. The third-order valence-corrected chi connectivity index (χ3v) is 2.89. The van der Waals surface area contributed by atoms with E-state index in [1.165, 1.54) is 38.5 Å². The Morgan fingerprint density at radius 1 is 0.900 bits per heavy atom. The first-order valence-electron chi connectivity index (χ1n) is 4.58. The lowest BCUT2D eigenvalue weighted by Crippen LogP contribution is -2.31. The Bertz CT molecular complexity index is 85.3. The van der Waals surface area contributed by atoms with E-state index in [0.29, 0.717) is 6.10 Å². The van der Waals surface area contributed by atoms with Crippen LogP contribution in [0.15, 0.2) is 0 Å². The molecule has 58 valence electrons. The lowest BCUT2D eigenvalue weighted by atomic mass is 9.82. The molecule has 0 radical (unpaired) electrons. The van der Waals surface area contributed by atoms with Crippen molar-refractivity contribution in [1.29, 1.82) is 0 Å². The second-order valence-electron chi connectivity index (χ2n) is 3.60. The quantitative estimate of drug-likeness (QED) is 0.502. The van der Waals surface area contributed by atoms with Gasteiger partial charge in [0.1, 0.15) is 0 Å². The van der Waals surface area contributed by atoms with Crippen LogP contribution in [0.4, 0.5) is 0 Å². The Kier molecular flexibility index (Phi) is 1.94. The zero-order valence-corrected chi connectivity index (χ0v) is 6.51. The molecular weight excluding hydrogens is 124 g/mol. The number of ether oxygens (including phenoxy) is 1. The van der Waals surface area contributed by atoms with Gasteiger partial charge in [-0.2, -0.15) is 0 Å². The smallest absolute Gasteiger partial charge is 0.0603 e. The van der Waals surface area contributed by atoms with Crippen LogP contribution in [0.3, 0.4) is 0 Å². The van der Waals surface area contributed by atoms with E-state index in [1.54, 1.807) is 0 Å². The zero-order chi connectivity index (χ0) is 6.81. The van der Waals surface area contributed by atoms with E-state index >= 15 is 0 Å². The van der Waals surface area contributed by atoms with Crippen LogP contribution in [-0.2, 0) is 4.74 Å². The summed E-state index contributed by atoms with van der Waals surface area (Å²) in [5, 5.41) is 0. The Morgan fingerprint density at radius 2 is 1.70 bits per heavy atom. The number of rotatable bonds is 0. The van der Waals surface area contributed by atoms with E-state index in [-0.39, 0.29) is 0 Å². The van der Waals surface area contributed by atoms with Crippen molar-refractivity contribution in [2.75, 3.05) is 6.61 Å². The predicted molar refractivity (Wildman–Crippen MR) is 40.9 cm³/mol. The molecule has 0 unspecified atom stereocenters. The van der Waals surface area contributed by atoms with Crippen LogP contribution < -0.4 is 0 Å². The third-order valence-electron chi connectivity index (χ3n) is 2.89. The molecule has 0 aromatic heterocycles. The highest BCUT2D eigenvalue weighted by atomic mass is 16.5. The first-order chi connectivity index (χ1) is 4.97. The molecule has 1 aliphatic carbocycles. The average Bonchev–Trinajstić information content (AvgIpc) is 2.05. The highest BCUT2D eigenvalue weighted by Crippen LogP contribution is 2.32. The van der Waals surface area contributed by atoms with Gasteiger partial charge in [-0.15, -0.1) is 0 Å². The number of hydrogen-bond acceptors (Lipinski definition) is 1. The van der Waals surface area contributed by atoms with Crippen molar-refractivity contribution in [3.05, 3.63) is 0 Å². The van der Waals surface area contributed by atoms with Crippen LogP contribution in [0.5, 0.6) is 0 Å². The second-order valence-corrected chi connectivity index (χ2v) is 3.60. The largest absolute Gasteiger partial charge is 0.378 e. The fourth-order valence-electron chi connectivity index (χ4n) is 2.30. The first-order valence-corrected chi connectivity index (χ1v) is 4.58. The molecule has 10 heavy (non-hydrogen) atoms.